The Kier molecular flexibility index (Phi) is 4.95. The fraction of sp³-hybridized carbons (Fsp3) is 0.235. The molecule has 1 N–H and O–H groups in total. The van der Waals surface area contributed by atoms with E-state index >= 15 is 0 Å². The number of carbonyl (C=O) groups excluding carboxylic acids is 1. The van der Waals surface area contributed by atoms with Crippen LogP contribution >= 0.6 is 0 Å². The van der Waals surface area contributed by atoms with Crippen LogP contribution in [0.25, 0.3) is 0 Å². The van der Waals surface area contributed by atoms with Crippen LogP contribution in [0.2, 0.25) is 0 Å². The van der Waals surface area contributed by atoms with Gasteiger partial charge in [0.15, 0.2) is 6.61 Å². The first-order valence-electron chi connectivity index (χ1n) is 6.64. The Labute approximate surface area is 123 Å². The van der Waals surface area contributed by atoms with E-state index < -0.39 is 0 Å². The molecule has 0 atom stereocenters. The van der Waals surface area contributed by atoms with E-state index in [4.69, 9.17) is 14.6 Å². The van der Waals surface area contributed by atoms with Gasteiger partial charge in [0.25, 0.3) is 0 Å². The Morgan fingerprint density at radius 3 is 2.48 bits per heavy atom. The van der Waals surface area contributed by atoms with E-state index in [2.05, 4.69) is 0 Å². The van der Waals surface area contributed by atoms with Gasteiger partial charge >= 0.3 is 0 Å². The number of ether oxygens (including phenoxy) is 2. The molecule has 0 bridgehead atoms. The molecule has 4 heteroatoms. The molecule has 0 amide bonds. The summed E-state index contributed by atoms with van der Waals surface area (Å²) in [6, 6.07) is 12.4. The van der Waals surface area contributed by atoms with E-state index in [1.54, 1.807) is 37.4 Å². The maximum atomic E-state index is 12.2. The minimum absolute atomic E-state index is 0.0141. The maximum absolute atomic E-state index is 12.2. The van der Waals surface area contributed by atoms with Crippen LogP contribution in [-0.2, 0) is 6.61 Å². The number of aliphatic hydroxyl groups excluding tert-OH is 1. The van der Waals surface area contributed by atoms with Crippen molar-refractivity contribution in [2.75, 3.05) is 13.7 Å². The number of Topliss-reactive ketones (excluding diaryl/α,β-unsaturated/α-hetero) is 1. The van der Waals surface area contributed by atoms with Gasteiger partial charge in [0, 0.05) is 0 Å². The standard InChI is InChI=1S/C17H18O4/c1-12-3-8-15(17(9-12)20-2)16(19)11-21-14-6-4-13(10-18)5-7-14/h3-9,18H,10-11H2,1-2H3. The van der Waals surface area contributed by atoms with E-state index in [1.165, 1.54) is 0 Å². The first-order valence-corrected chi connectivity index (χ1v) is 6.64. The molecule has 0 saturated carbocycles. The number of hydrogen-bond donors (Lipinski definition) is 1. The van der Waals surface area contributed by atoms with Gasteiger partial charge in [0.2, 0.25) is 5.78 Å². The van der Waals surface area contributed by atoms with Gasteiger partial charge in [0.1, 0.15) is 11.5 Å². The minimum atomic E-state index is -0.141. The van der Waals surface area contributed by atoms with Gasteiger partial charge in [-0.2, -0.15) is 0 Å². The quantitative estimate of drug-likeness (QED) is 0.830. The Morgan fingerprint density at radius 2 is 1.86 bits per heavy atom. The van der Waals surface area contributed by atoms with Crippen LogP contribution in [0.15, 0.2) is 42.5 Å². The van der Waals surface area contributed by atoms with Crippen LogP contribution in [0, 0.1) is 6.92 Å². The van der Waals surface area contributed by atoms with Crippen LogP contribution in [0.1, 0.15) is 21.5 Å². The summed E-state index contributed by atoms with van der Waals surface area (Å²) in [4.78, 5) is 12.2. The zero-order chi connectivity index (χ0) is 15.2. The predicted molar refractivity (Wildman–Crippen MR) is 79.9 cm³/mol. The third-order valence-corrected chi connectivity index (χ3v) is 3.13. The van der Waals surface area contributed by atoms with Crippen LogP contribution < -0.4 is 9.47 Å². The number of hydrogen-bond acceptors (Lipinski definition) is 4. The van der Waals surface area contributed by atoms with Crippen molar-refractivity contribution in [3.63, 3.8) is 0 Å². The lowest BCUT2D eigenvalue weighted by Gasteiger charge is -2.10. The molecule has 0 saturated heterocycles. The van der Waals surface area contributed by atoms with Crippen LogP contribution in [0.3, 0.4) is 0 Å². The second-order valence-electron chi connectivity index (χ2n) is 4.72. The average molecular weight is 286 g/mol. The van der Waals surface area contributed by atoms with Gasteiger partial charge in [-0.05, 0) is 42.3 Å². The molecule has 0 aliphatic carbocycles. The Hall–Kier alpha value is -2.33. The zero-order valence-corrected chi connectivity index (χ0v) is 12.1. The van der Waals surface area contributed by atoms with Crippen LogP contribution in [-0.4, -0.2) is 24.6 Å². The third kappa shape index (κ3) is 3.83. The summed E-state index contributed by atoms with van der Waals surface area (Å²) in [5.74, 6) is 1.00. The number of aliphatic hydroxyl groups is 1. The van der Waals surface area contributed by atoms with Gasteiger partial charge in [-0.3, -0.25) is 4.79 Å². The summed E-state index contributed by atoms with van der Waals surface area (Å²) < 4.78 is 10.7. The SMILES string of the molecule is COc1cc(C)ccc1C(=O)COc1ccc(CO)cc1. The summed E-state index contributed by atoms with van der Waals surface area (Å²) in [6.45, 7) is 1.87. The summed E-state index contributed by atoms with van der Waals surface area (Å²) >= 11 is 0. The Morgan fingerprint density at radius 1 is 1.14 bits per heavy atom. The molecule has 2 aromatic rings. The van der Waals surface area contributed by atoms with Gasteiger partial charge in [-0.15, -0.1) is 0 Å². The van der Waals surface area contributed by atoms with Gasteiger partial charge in [0.05, 0.1) is 19.3 Å². The molecule has 0 heterocycles. The van der Waals surface area contributed by atoms with Crippen molar-refractivity contribution in [1.29, 1.82) is 0 Å². The molecule has 0 aromatic heterocycles. The van der Waals surface area contributed by atoms with Gasteiger partial charge < -0.3 is 14.6 Å². The highest BCUT2D eigenvalue weighted by Crippen LogP contribution is 2.21. The molecule has 110 valence electrons. The highest BCUT2D eigenvalue weighted by Gasteiger charge is 2.13. The van der Waals surface area contributed by atoms with E-state index in [9.17, 15) is 4.79 Å². The normalized spacial score (nSPS) is 10.2. The number of aryl methyl sites for hydroxylation is 1. The molecule has 0 fully saturated rings. The predicted octanol–water partition coefficient (Wildman–Crippen LogP) is 2.76. The number of ketones is 1. The van der Waals surface area contributed by atoms with Crippen molar-refractivity contribution in [2.24, 2.45) is 0 Å². The Balaban J connectivity index is 2.04. The highest BCUT2D eigenvalue weighted by molar-refractivity contribution is 5.99. The van der Waals surface area contributed by atoms with E-state index in [0.717, 1.165) is 11.1 Å². The van der Waals surface area contributed by atoms with E-state index in [1.807, 2.05) is 19.1 Å². The van der Waals surface area contributed by atoms with Gasteiger partial charge in [-0.1, -0.05) is 18.2 Å². The summed E-state index contributed by atoms with van der Waals surface area (Å²) in [7, 11) is 1.54. The lowest BCUT2D eigenvalue weighted by Crippen LogP contribution is -2.12. The first kappa shape index (κ1) is 15.1. The molecular weight excluding hydrogens is 268 g/mol. The van der Waals surface area contributed by atoms with Crippen molar-refractivity contribution >= 4 is 5.78 Å². The molecule has 4 nitrogen and oxygen atoms in total. The summed E-state index contributed by atoms with van der Waals surface area (Å²) in [6.07, 6.45) is 0. The second-order valence-corrected chi connectivity index (χ2v) is 4.72. The van der Waals surface area contributed by atoms with E-state index in [-0.39, 0.29) is 19.0 Å². The molecule has 2 aromatic carbocycles. The second kappa shape index (κ2) is 6.90. The summed E-state index contributed by atoms with van der Waals surface area (Å²) in [5, 5.41) is 8.97. The number of benzene rings is 2. The fourth-order valence-electron chi connectivity index (χ4n) is 1.95. The lowest BCUT2D eigenvalue weighted by molar-refractivity contribution is 0.0918. The lowest BCUT2D eigenvalue weighted by atomic mass is 10.1. The van der Waals surface area contributed by atoms with Crippen LogP contribution in [0.5, 0.6) is 11.5 Å². The fourth-order valence-corrected chi connectivity index (χ4v) is 1.95. The topological polar surface area (TPSA) is 55.8 Å². The number of rotatable bonds is 6. The minimum Gasteiger partial charge on any atom is -0.496 e. The molecule has 0 spiro atoms. The third-order valence-electron chi connectivity index (χ3n) is 3.13. The molecule has 0 aliphatic heterocycles. The first-order chi connectivity index (χ1) is 10.1. The van der Waals surface area contributed by atoms with Gasteiger partial charge in [-0.25, -0.2) is 0 Å². The van der Waals surface area contributed by atoms with Crippen molar-refractivity contribution < 1.29 is 19.4 Å². The highest BCUT2D eigenvalue weighted by atomic mass is 16.5. The van der Waals surface area contributed by atoms with Crippen molar-refractivity contribution in [1.82, 2.24) is 0 Å². The largest absolute Gasteiger partial charge is 0.496 e. The molecule has 0 unspecified atom stereocenters. The van der Waals surface area contributed by atoms with Crippen molar-refractivity contribution in [3.05, 3.63) is 59.2 Å². The number of methoxy groups -OCH3 is 1. The summed E-state index contributed by atoms with van der Waals surface area (Å²) in [5.41, 5.74) is 2.34. The Bertz CT molecular complexity index is 617. The van der Waals surface area contributed by atoms with E-state index in [0.29, 0.717) is 17.1 Å². The average Bonchev–Trinajstić information content (AvgIpc) is 2.52. The molecule has 0 radical (unpaired) electrons. The zero-order valence-electron chi connectivity index (χ0n) is 12.1. The van der Waals surface area contributed by atoms with Crippen molar-refractivity contribution in [3.8, 4) is 11.5 Å². The molecular formula is C17H18O4. The molecule has 0 aliphatic rings. The maximum Gasteiger partial charge on any atom is 0.203 e. The number of carbonyl (C=O) groups is 1. The van der Waals surface area contributed by atoms with Crippen LogP contribution in [0.4, 0.5) is 0 Å². The smallest absolute Gasteiger partial charge is 0.203 e. The van der Waals surface area contributed by atoms with Crippen molar-refractivity contribution in [2.45, 2.75) is 13.5 Å². The molecule has 2 rings (SSSR count). The molecule has 21 heavy (non-hydrogen) atoms. The monoisotopic (exact) mass is 286 g/mol.